The van der Waals surface area contributed by atoms with Crippen molar-refractivity contribution >= 4 is 16.6 Å². The van der Waals surface area contributed by atoms with Gasteiger partial charge in [0.2, 0.25) is 5.82 Å². The highest BCUT2D eigenvalue weighted by molar-refractivity contribution is 5.86. The van der Waals surface area contributed by atoms with Crippen LogP contribution in [-0.4, -0.2) is 45.2 Å². The number of anilines is 1. The topological polar surface area (TPSA) is 82.6 Å². The molecule has 2 aromatic heterocycles. The second-order valence-electron chi connectivity index (χ2n) is 9.85. The molecule has 7 nitrogen and oxygen atoms in total. The fraction of sp³-hybridized carbons (Fsp3) is 0.267. The van der Waals surface area contributed by atoms with Gasteiger partial charge in [-0.25, -0.2) is 4.98 Å². The van der Waals surface area contributed by atoms with Crippen molar-refractivity contribution in [3.8, 4) is 11.4 Å². The third kappa shape index (κ3) is 4.95. The molecule has 1 aliphatic rings. The maximum atomic E-state index is 4.74. The first-order valence-electron chi connectivity index (χ1n) is 13.0. The lowest BCUT2D eigenvalue weighted by Crippen LogP contribution is -2.43. The number of hydrogen-bond donors (Lipinski definition) is 2. The standard InChI is InChI=1S/C30H31N7/c1-21(26-13-7-11-22-10-5-6-12-27(22)26)31-18-24-16-17-37(20-28(24)23-8-3-2-4-9-23)29-15-14-25(19-32-29)30-33-35-36-34-30/h2-15,19,21,24,28,31H,16-18,20H2,1H3,(H,33,34,35,36)/t21-,24?,28?/m1/s1. The molecule has 5 aromatic rings. The Balaban J connectivity index is 1.19. The summed E-state index contributed by atoms with van der Waals surface area (Å²) in [5, 5.41) is 20.8. The van der Waals surface area contributed by atoms with Crippen LogP contribution in [-0.2, 0) is 0 Å². The summed E-state index contributed by atoms with van der Waals surface area (Å²) in [4.78, 5) is 7.15. The van der Waals surface area contributed by atoms with Crippen molar-refractivity contribution in [1.29, 1.82) is 0 Å². The van der Waals surface area contributed by atoms with E-state index in [1.807, 2.05) is 12.3 Å². The smallest absolute Gasteiger partial charge is 0.206 e. The van der Waals surface area contributed by atoms with E-state index in [4.69, 9.17) is 4.98 Å². The van der Waals surface area contributed by atoms with E-state index in [1.54, 1.807) is 0 Å². The summed E-state index contributed by atoms with van der Waals surface area (Å²) in [6.07, 6.45) is 2.93. The summed E-state index contributed by atoms with van der Waals surface area (Å²) >= 11 is 0. The predicted octanol–water partition coefficient (Wildman–Crippen LogP) is 5.38. The van der Waals surface area contributed by atoms with Crippen LogP contribution in [0.5, 0.6) is 0 Å². The van der Waals surface area contributed by atoms with Crippen molar-refractivity contribution in [1.82, 2.24) is 30.9 Å². The van der Waals surface area contributed by atoms with E-state index in [-0.39, 0.29) is 6.04 Å². The van der Waals surface area contributed by atoms with Crippen LogP contribution in [0, 0.1) is 5.92 Å². The van der Waals surface area contributed by atoms with Gasteiger partial charge >= 0.3 is 0 Å². The van der Waals surface area contributed by atoms with Crippen LogP contribution < -0.4 is 10.2 Å². The van der Waals surface area contributed by atoms with Crippen molar-refractivity contribution in [2.45, 2.75) is 25.3 Å². The average Bonchev–Trinajstić information content (AvgIpc) is 3.51. The van der Waals surface area contributed by atoms with Gasteiger partial charge in [0, 0.05) is 36.8 Å². The van der Waals surface area contributed by atoms with Crippen LogP contribution in [0.15, 0.2) is 91.1 Å². The molecule has 1 aliphatic heterocycles. The molecule has 0 bridgehead atoms. The van der Waals surface area contributed by atoms with Crippen LogP contribution in [0.2, 0.25) is 0 Å². The molecule has 1 fully saturated rings. The van der Waals surface area contributed by atoms with E-state index < -0.39 is 0 Å². The Hall–Kier alpha value is -4.10. The summed E-state index contributed by atoms with van der Waals surface area (Å²) in [7, 11) is 0. The predicted molar refractivity (Wildman–Crippen MR) is 147 cm³/mol. The minimum absolute atomic E-state index is 0.278. The number of piperidine rings is 1. The van der Waals surface area contributed by atoms with Gasteiger partial charge in [-0.2, -0.15) is 5.21 Å². The van der Waals surface area contributed by atoms with Gasteiger partial charge in [0.05, 0.1) is 0 Å². The molecule has 6 rings (SSSR count). The summed E-state index contributed by atoms with van der Waals surface area (Å²) in [5.74, 6) is 2.51. The number of pyridine rings is 1. The van der Waals surface area contributed by atoms with Crippen molar-refractivity contribution in [2.24, 2.45) is 5.92 Å². The van der Waals surface area contributed by atoms with E-state index in [1.165, 1.54) is 21.9 Å². The first-order chi connectivity index (χ1) is 18.3. The number of H-pyrrole nitrogens is 1. The quantitative estimate of drug-likeness (QED) is 0.320. The van der Waals surface area contributed by atoms with Crippen LogP contribution in [0.25, 0.3) is 22.2 Å². The van der Waals surface area contributed by atoms with Crippen LogP contribution >= 0.6 is 0 Å². The number of benzene rings is 3. The largest absolute Gasteiger partial charge is 0.356 e. The molecule has 0 saturated carbocycles. The zero-order chi connectivity index (χ0) is 25.0. The van der Waals surface area contributed by atoms with Gasteiger partial charge in [-0.3, -0.25) is 0 Å². The Labute approximate surface area is 217 Å². The van der Waals surface area contributed by atoms with E-state index in [0.29, 0.717) is 17.7 Å². The maximum Gasteiger partial charge on any atom is 0.206 e. The molecule has 37 heavy (non-hydrogen) atoms. The van der Waals surface area contributed by atoms with Gasteiger partial charge in [-0.05, 0) is 65.1 Å². The lowest BCUT2D eigenvalue weighted by molar-refractivity contribution is 0.324. The summed E-state index contributed by atoms with van der Waals surface area (Å²) in [6.45, 7) is 5.17. The Morgan fingerprint density at radius 2 is 1.81 bits per heavy atom. The minimum atomic E-state index is 0.278. The number of aromatic amines is 1. The molecule has 2 N–H and O–H groups in total. The highest BCUT2D eigenvalue weighted by Crippen LogP contribution is 2.35. The van der Waals surface area contributed by atoms with E-state index in [9.17, 15) is 0 Å². The fourth-order valence-corrected chi connectivity index (χ4v) is 5.59. The molecular weight excluding hydrogens is 458 g/mol. The zero-order valence-corrected chi connectivity index (χ0v) is 21.0. The first kappa shape index (κ1) is 23.3. The van der Waals surface area contributed by atoms with Crippen molar-refractivity contribution in [3.05, 3.63) is 102 Å². The fourth-order valence-electron chi connectivity index (χ4n) is 5.59. The highest BCUT2D eigenvalue weighted by atomic mass is 15.5. The van der Waals surface area contributed by atoms with Gasteiger partial charge in [0.1, 0.15) is 5.82 Å². The Kier molecular flexibility index (Phi) is 6.60. The molecule has 3 heterocycles. The van der Waals surface area contributed by atoms with Crippen molar-refractivity contribution < 1.29 is 0 Å². The molecule has 2 unspecified atom stereocenters. The Morgan fingerprint density at radius 3 is 2.62 bits per heavy atom. The number of tetrazole rings is 1. The van der Waals surface area contributed by atoms with Gasteiger partial charge < -0.3 is 10.2 Å². The van der Waals surface area contributed by atoms with Crippen LogP contribution in [0.1, 0.15) is 36.4 Å². The third-order valence-electron chi connectivity index (χ3n) is 7.64. The van der Waals surface area contributed by atoms with Gasteiger partial charge in [-0.1, -0.05) is 72.8 Å². The van der Waals surface area contributed by atoms with Crippen LogP contribution in [0.3, 0.4) is 0 Å². The Morgan fingerprint density at radius 1 is 0.973 bits per heavy atom. The number of fused-ring (bicyclic) bond motifs is 1. The minimum Gasteiger partial charge on any atom is -0.356 e. The number of aromatic nitrogens is 5. The number of nitrogens with zero attached hydrogens (tertiary/aromatic N) is 5. The molecule has 0 amide bonds. The van der Waals surface area contributed by atoms with Gasteiger partial charge in [0.15, 0.2) is 0 Å². The van der Waals surface area contributed by atoms with Gasteiger partial charge in [-0.15, -0.1) is 10.2 Å². The molecule has 7 heteroatoms. The first-order valence-corrected chi connectivity index (χ1v) is 13.0. The molecule has 1 saturated heterocycles. The molecule has 186 valence electrons. The molecule has 0 aliphatic carbocycles. The van der Waals surface area contributed by atoms with E-state index >= 15 is 0 Å². The SMILES string of the molecule is C[C@@H](NCC1CCN(c2ccc(-c3nn[nH]n3)cn2)CC1c1ccccc1)c1cccc2ccccc12. The second-order valence-corrected chi connectivity index (χ2v) is 9.85. The zero-order valence-electron chi connectivity index (χ0n) is 21.0. The lowest BCUT2D eigenvalue weighted by Gasteiger charge is -2.40. The molecule has 0 spiro atoms. The van der Waals surface area contributed by atoms with Crippen molar-refractivity contribution in [3.63, 3.8) is 0 Å². The van der Waals surface area contributed by atoms with Crippen molar-refractivity contribution in [2.75, 3.05) is 24.5 Å². The molecule has 0 radical (unpaired) electrons. The number of nitrogens with one attached hydrogen (secondary N) is 2. The maximum absolute atomic E-state index is 4.74. The number of rotatable bonds is 7. The Bertz CT molecular complexity index is 1430. The third-order valence-corrected chi connectivity index (χ3v) is 7.64. The molecular formula is C30H31N7. The summed E-state index contributed by atoms with van der Waals surface area (Å²) in [5.41, 5.74) is 3.61. The lowest BCUT2D eigenvalue weighted by atomic mass is 9.80. The van der Waals surface area contributed by atoms with Gasteiger partial charge in [0.25, 0.3) is 0 Å². The normalized spacial score (nSPS) is 18.7. The average molecular weight is 490 g/mol. The second kappa shape index (κ2) is 10.5. The summed E-state index contributed by atoms with van der Waals surface area (Å²) in [6, 6.07) is 30.5. The van der Waals surface area contributed by atoms with Crippen LogP contribution in [0.4, 0.5) is 5.82 Å². The summed E-state index contributed by atoms with van der Waals surface area (Å²) < 4.78 is 0. The highest BCUT2D eigenvalue weighted by Gasteiger charge is 2.31. The molecule has 3 aromatic carbocycles. The molecule has 3 atom stereocenters. The number of hydrogen-bond acceptors (Lipinski definition) is 6. The van der Waals surface area contributed by atoms with E-state index in [0.717, 1.165) is 37.4 Å². The monoisotopic (exact) mass is 489 g/mol. The van der Waals surface area contributed by atoms with E-state index in [2.05, 4.69) is 117 Å².